The molecule has 1 N–H and O–H groups in total. The van der Waals surface area contributed by atoms with Gasteiger partial charge in [0.05, 0.1) is 17.6 Å². The molecule has 0 amide bonds. The maximum Gasteiger partial charge on any atom is 0.333 e. The highest BCUT2D eigenvalue weighted by atomic mass is 16.6. The van der Waals surface area contributed by atoms with E-state index in [1.54, 1.807) is 25.3 Å². The molecular formula is C13H18N2O4. The number of rotatable bonds is 6. The molecule has 19 heavy (non-hydrogen) atoms. The molecule has 0 bridgehead atoms. The van der Waals surface area contributed by atoms with Gasteiger partial charge in [-0.15, -0.1) is 0 Å². The van der Waals surface area contributed by atoms with Crippen molar-refractivity contribution in [2.45, 2.75) is 24.9 Å². The Balaban J connectivity index is 2.18. The Hall–Kier alpha value is -1.82. The summed E-state index contributed by atoms with van der Waals surface area (Å²) >= 11 is 0. The lowest BCUT2D eigenvalue weighted by atomic mass is 9.80. The Morgan fingerprint density at radius 2 is 2.16 bits per heavy atom. The summed E-state index contributed by atoms with van der Waals surface area (Å²) in [5, 5.41) is 14.2. The third kappa shape index (κ3) is 2.63. The number of hydrogen-bond donors (Lipinski definition) is 1. The summed E-state index contributed by atoms with van der Waals surface area (Å²) in [5.41, 5.74) is 0.250. The Labute approximate surface area is 111 Å². The molecule has 0 spiro atoms. The van der Waals surface area contributed by atoms with Crippen LogP contribution in [0, 0.1) is 10.1 Å². The zero-order valence-corrected chi connectivity index (χ0v) is 11.1. The first-order chi connectivity index (χ1) is 9.12. The Morgan fingerprint density at radius 1 is 1.42 bits per heavy atom. The molecule has 6 heteroatoms. The van der Waals surface area contributed by atoms with Crippen LogP contribution in [0.3, 0.4) is 0 Å². The predicted octanol–water partition coefficient (Wildman–Crippen LogP) is 2.58. The van der Waals surface area contributed by atoms with E-state index in [4.69, 9.17) is 9.47 Å². The number of anilines is 1. The second kappa shape index (κ2) is 5.44. The van der Waals surface area contributed by atoms with Crippen molar-refractivity contribution >= 4 is 11.4 Å². The van der Waals surface area contributed by atoms with E-state index in [9.17, 15) is 10.1 Å². The van der Waals surface area contributed by atoms with Crippen molar-refractivity contribution in [2.24, 2.45) is 0 Å². The molecule has 2 rings (SSSR count). The SMILES string of the molecule is COc1cccc(NCC2(OC)CCC2)c1[N+](=O)[O-]. The van der Waals surface area contributed by atoms with Crippen LogP contribution in [0.15, 0.2) is 18.2 Å². The van der Waals surface area contributed by atoms with Crippen molar-refractivity contribution in [3.63, 3.8) is 0 Å². The Morgan fingerprint density at radius 3 is 2.63 bits per heavy atom. The van der Waals surface area contributed by atoms with E-state index in [0.717, 1.165) is 19.3 Å². The van der Waals surface area contributed by atoms with Crippen LogP contribution in [-0.4, -0.2) is 31.3 Å². The molecule has 6 nitrogen and oxygen atoms in total. The average molecular weight is 266 g/mol. The summed E-state index contributed by atoms with van der Waals surface area (Å²) in [5.74, 6) is 0.259. The minimum absolute atomic E-state index is 0.0319. The zero-order valence-electron chi connectivity index (χ0n) is 11.1. The standard InChI is InChI=1S/C13H18N2O4/c1-18-11-6-3-5-10(12(11)15(16)17)14-9-13(19-2)7-4-8-13/h3,5-6,14H,4,7-9H2,1-2H3. The molecule has 0 saturated heterocycles. The fourth-order valence-electron chi connectivity index (χ4n) is 2.30. The minimum Gasteiger partial charge on any atom is -0.490 e. The molecule has 1 saturated carbocycles. The molecule has 0 unspecified atom stereocenters. The van der Waals surface area contributed by atoms with Crippen molar-refractivity contribution < 1.29 is 14.4 Å². The van der Waals surface area contributed by atoms with Crippen molar-refractivity contribution in [3.8, 4) is 5.75 Å². The van der Waals surface area contributed by atoms with Gasteiger partial charge in [0.1, 0.15) is 5.69 Å². The van der Waals surface area contributed by atoms with Crippen LogP contribution in [0.2, 0.25) is 0 Å². The second-order valence-electron chi connectivity index (χ2n) is 4.71. The molecule has 1 fully saturated rings. The normalized spacial score (nSPS) is 16.5. The van der Waals surface area contributed by atoms with Crippen molar-refractivity contribution in [1.29, 1.82) is 0 Å². The van der Waals surface area contributed by atoms with Gasteiger partial charge in [0.15, 0.2) is 5.75 Å². The summed E-state index contributed by atoms with van der Waals surface area (Å²) in [4.78, 5) is 10.7. The van der Waals surface area contributed by atoms with Gasteiger partial charge < -0.3 is 14.8 Å². The number of methoxy groups -OCH3 is 2. The number of ether oxygens (including phenoxy) is 2. The van der Waals surface area contributed by atoms with E-state index in [-0.39, 0.29) is 17.0 Å². The molecule has 1 aliphatic carbocycles. The van der Waals surface area contributed by atoms with Gasteiger partial charge in [0.2, 0.25) is 0 Å². The molecule has 1 aromatic rings. The first-order valence-electron chi connectivity index (χ1n) is 6.22. The molecule has 0 aromatic heterocycles. The van der Waals surface area contributed by atoms with Crippen LogP contribution < -0.4 is 10.1 Å². The molecular weight excluding hydrogens is 248 g/mol. The smallest absolute Gasteiger partial charge is 0.333 e. The van der Waals surface area contributed by atoms with Gasteiger partial charge in [-0.25, -0.2) is 0 Å². The van der Waals surface area contributed by atoms with Crippen LogP contribution in [0.1, 0.15) is 19.3 Å². The largest absolute Gasteiger partial charge is 0.490 e. The quantitative estimate of drug-likeness (QED) is 0.632. The van der Waals surface area contributed by atoms with Crippen LogP contribution >= 0.6 is 0 Å². The number of nitrogens with zero attached hydrogens (tertiary/aromatic N) is 1. The first-order valence-corrected chi connectivity index (χ1v) is 6.22. The van der Waals surface area contributed by atoms with E-state index >= 15 is 0 Å². The third-order valence-corrected chi connectivity index (χ3v) is 3.70. The number of para-hydroxylation sites is 1. The van der Waals surface area contributed by atoms with Crippen LogP contribution in [0.4, 0.5) is 11.4 Å². The zero-order chi connectivity index (χ0) is 13.9. The first kappa shape index (κ1) is 13.6. The van der Waals surface area contributed by atoms with Gasteiger partial charge in [-0.3, -0.25) is 10.1 Å². The molecule has 0 radical (unpaired) electrons. The van der Waals surface area contributed by atoms with Crippen molar-refractivity contribution in [3.05, 3.63) is 28.3 Å². The summed E-state index contributed by atoms with van der Waals surface area (Å²) in [6.45, 7) is 0.567. The average Bonchev–Trinajstić information content (AvgIpc) is 2.37. The number of hydrogen-bond acceptors (Lipinski definition) is 5. The van der Waals surface area contributed by atoms with Gasteiger partial charge in [-0.05, 0) is 31.4 Å². The van der Waals surface area contributed by atoms with E-state index in [2.05, 4.69) is 5.32 Å². The number of nitrogens with one attached hydrogen (secondary N) is 1. The van der Waals surface area contributed by atoms with E-state index in [0.29, 0.717) is 12.2 Å². The van der Waals surface area contributed by atoms with Crippen molar-refractivity contribution in [2.75, 3.05) is 26.1 Å². The predicted molar refractivity (Wildman–Crippen MR) is 71.7 cm³/mol. The molecule has 1 aliphatic rings. The van der Waals surface area contributed by atoms with Gasteiger partial charge >= 0.3 is 5.69 Å². The Kier molecular flexibility index (Phi) is 3.90. The van der Waals surface area contributed by atoms with E-state index in [1.807, 2.05) is 0 Å². The van der Waals surface area contributed by atoms with Crippen LogP contribution in [-0.2, 0) is 4.74 Å². The molecule has 0 aliphatic heterocycles. The van der Waals surface area contributed by atoms with E-state index < -0.39 is 4.92 Å². The van der Waals surface area contributed by atoms with Crippen LogP contribution in [0.5, 0.6) is 5.75 Å². The fraction of sp³-hybridized carbons (Fsp3) is 0.538. The summed E-state index contributed by atoms with van der Waals surface area (Å²) in [6.07, 6.45) is 3.10. The number of nitro groups is 1. The minimum atomic E-state index is -0.429. The van der Waals surface area contributed by atoms with Gasteiger partial charge in [-0.2, -0.15) is 0 Å². The van der Waals surface area contributed by atoms with E-state index in [1.165, 1.54) is 7.11 Å². The van der Waals surface area contributed by atoms with Gasteiger partial charge in [0.25, 0.3) is 0 Å². The molecule has 1 aromatic carbocycles. The summed E-state index contributed by atoms with van der Waals surface area (Å²) in [7, 11) is 3.11. The van der Waals surface area contributed by atoms with Gasteiger partial charge in [-0.1, -0.05) is 6.07 Å². The monoisotopic (exact) mass is 266 g/mol. The topological polar surface area (TPSA) is 73.6 Å². The Bertz CT molecular complexity index is 466. The maximum absolute atomic E-state index is 11.1. The van der Waals surface area contributed by atoms with Gasteiger partial charge in [0, 0.05) is 13.7 Å². The highest BCUT2D eigenvalue weighted by Gasteiger charge is 2.37. The lowest BCUT2D eigenvalue weighted by Gasteiger charge is -2.40. The van der Waals surface area contributed by atoms with Crippen molar-refractivity contribution in [1.82, 2.24) is 0 Å². The highest BCUT2D eigenvalue weighted by molar-refractivity contribution is 5.68. The lowest BCUT2D eigenvalue weighted by molar-refractivity contribution is -0.384. The fourth-order valence-corrected chi connectivity index (χ4v) is 2.30. The maximum atomic E-state index is 11.1. The lowest BCUT2D eigenvalue weighted by Crippen LogP contribution is -2.45. The summed E-state index contributed by atoms with van der Waals surface area (Å²) < 4.78 is 10.5. The van der Waals surface area contributed by atoms with Crippen LogP contribution in [0.25, 0.3) is 0 Å². The molecule has 0 heterocycles. The molecule has 0 atom stereocenters. The number of benzene rings is 1. The second-order valence-corrected chi connectivity index (χ2v) is 4.71. The third-order valence-electron chi connectivity index (χ3n) is 3.70. The molecule has 104 valence electrons. The highest BCUT2D eigenvalue weighted by Crippen LogP contribution is 2.38. The summed E-state index contributed by atoms with van der Waals surface area (Å²) in [6, 6.07) is 5.00. The number of nitro benzene ring substituents is 1.